The van der Waals surface area contributed by atoms with Gasteiger partial charge in [0.05, 0.1) is 5.69 Å². The van der Waals surface area contributed by atoms with Crippen LogP contribution in [0.25, 0.3) is 0 Å². The maximum atomic E-state index is 9.30. The van der Waals surface area contributed by atoms with Crippen molar-refractivity contribution in [2.24, 2.45) is 0 Å². The summed E-state index contributed by atoms with van der Waals surface area (Å²) in [6.45, 7) is 3.94. The fourth-order valence-electron chi connectivity index (χ4n) is 0.928. The molecule has 0 radical (unpaired) electrons. The molecule has 58 valence electrons. The molecular weight excluding hydrogens is 140 g/mol. The van der Waals surface area contributed by atoms with Gasteiger partial charge in [0.1, 0.15) is 12.2 Å². The van der Waals surface area contributed by atoms with Gasteiger partial charge in [-0.3, -0.25) is 4.68 Å². The van der Waals surface area contributed by atoms with Gasteiger partial charge in [0, 0.05) is 0 Å². The fourth-order valence-corrected chi connectivity index (χ4v) is 0.928. The highest BCUT2D eigenvalue weighted by molar-refractivity contribution is 5.30. The van der Waals surface area contributed by atoms with Crippen LogP contribution in [0.4, 0.5) is 0 Å². The lowest BCUT2D eigenvalue weighted by molar-refractivity contribution is 0.465. The van der Waals surface area contributed by atoms with Crippen molar-refractivity contribution < 1.29 is 5.11 Å². The molecule has 0 aromatic carbocycles. The maximum absolute atomic E-state index is 9.30. The first-order valence-electron chi connectivity index (χ1n) is 3.33. The second-order valence-corrected chi connectivity index (χ2v) is 2.38. The van der Waals surface area contributed by atoms with Crippen LogP contribution < -0.4 is 0 Å². The van der Waals surface area contributed by atoms with E-state index < -0.39 is 0 Å². The minimum atomic E-state index is 0.236. The van der Waals surface area contributed by atoms with Gasteiger partial charge in [0.25, 0.3) is 0 Å². The Morgan fingerprint density at radius 2 is 2.27 bits per heavy atom. The zero-order valence-corrected chi connectivity index (χ0v) is 6.63. The lowest BCUT2D eigenvalue weighted by atomic mass is 10.3. The van der Waals surface area contributed by atoms with Crippen molar-refractivity contribution in [2.45, 2.75) is 20.4 Å². The van der Waals surface area contributed by atoms with Gasteiger partial charge >= 0.3 is 0 Å². The van der Waals surface area contributed by atoms with Crippen molar-refractivity contribution in [3.05, 3.63) is 11.4 Å². The summed E-state index contributed by atoms with van der Waals surface area (Å²) < 4.78 is 1.60. The average Bonchev–Trinajstić information content (AvgIpc) is 2.19. The molecule has 1 aromatic heterocycles. The monoisotopic (exact) mass is 150 g/mol. The molecular formula is C8H10N2O. The van der Waals surface area contributed by atoms with Gasteiger partial charge in [-0.1, -0.05) is 5.92 Å². The van der Waals surface area contributed by atoms with Crippen LogP contribution in [0.15, 0.2) is 0 Å². The number of aromatic nitrogens is 2. The van der Waals surface area contributed by atoms with Gasteiger partial charge in [-0.2, -0.15) is 5.10 Å². The second-order valence-electron chi connectivity index (χ2n) is 2.38. The SMILES string of the molecule is C#CCn1nc(C)c(O)c1C. The maximum Gasteiger partial charge on any atom is 0.159 e. The summed E-state index contributed by atoms with van der Waals surface area (Å²) in [5, 5.41) is 13.3. The first-order chi connectivity index (χ1) is 5.16. The largest absolute Gasteiger partial charge is 0.504 e. The van der Waals surface area contributed by atoms with E-state index in [9.17, 15) is 5.11 Å². The lowest BCUT2D eigenvalue weighted by Crippen LogP contribution is -1.99. The van der Waals surface area contributed by atoms with Crippen molar-refractivity contribution in [3.8, 4) is 18.1 Å². The Morgan fingerprint density at radius 1 is 1.64 bits per heavy atom. The van der Waals surface area contributed by atoms with Gasteiger partial charge in [0.2, 0.25) is 0 Å². The summed E-state index contributed by atoms with van der Waals surface area (Å²) in [5.74, 6) is 2.69. The predicted octanol–water partition coefficient (Wildman–Crippen LogP) is 0.839. The molecule has 0 saturated carbocycles. The number of nitrogens with zero attached hydrogens (tertiary/aromatic N) is 2. The molecule has 1 rings (SSSR count). The van der Waals surface area contributed by atoms with Gasteiger partial charge in [-0.15, -0.1) is 6.42 Å². The molecule has 1 aromatic rings. The number of rotatable bonds is 1. The molecule has 0 amide bonds. The van der Waals surface area contributed by atoms with Crippen LogP contribution in [0, 0.1) is 26.2 Å². The molecule has 1 N–H and O–H groups in total. The molecule has 0 aliphatic carbocycles. The Morgan fingerprint density at radius 3 is 2.64 bits per heavy atom. The van der Waals surface area contributed by atoms with Gasteiger partial charge < -0.3 is 5.11 Å². The molecule has 1 heterocycles. The van der Waals surface area contributed by atoms with Crippen LogP contribution in [0.3, 0.4) is 0 Å². The fraction of sp³-hybridized carbons (Fsp3) is 0.375. The molecule has 3 heteroatoms. The topological polar surface area (TPSA) is 38.0 Å². The molecule has 0 bridgehead atoms. The predicted molar refractivity (Wildman–Crippen MR) is 42.2 cm³/mol. The quantitative estimate of drug-likeness (QED) is 0.602. The number of aromatic hydroxyl groups is 1. The van der Waals surface area contributed by atoms with E-state index in [1.807, 2.05) is 0 Å². The Balaban J connectivity index is 3.10. The third-order valence-corrected chi connectivity index (χ3v) is 1.58. The van der Waals surface area contributed by atoms with E-state index in [1.54, 1.807) is 18.5 Å². The number of hydrogen-bond donors (Lipinski definition) is 1. The van der Waals surface area contributed by atoms with Crippen molar-refractivity contribution in [1.82, 2.24) is 9.78 Å². The highest BCUT2D eigenvalue weighted by Crippen LogP contribution is 2.19. The Hall–Kier alpha value is -1.43. The smallest absolute Gasteiger partial charge is 0.159 e. The number of hydrogen-bond acceptors (Lipinski definition) is 2. The third-order valence-electron chi connectivity index (χ3n) is 1.58. The van der Waals surface area contributed by atoms with Crippen molar-refractivity contribution in [2.75, 3.05) is 0 Å². The highest BCUT2D eigenvalue weighted by Gasteiger charge is 2.07. The van der Waals surface area contributed by atoms with Crippen molar-refractivity contribution in [3.63, 3.8) is 0 Å². The normalized spacial score (nSPS) is 9.55. The summed E-state index contributed by atoms with van der Waals surface area (Å²) in [6, 6.07) is 0. The summed E-state index contributed by atoms with van der Waals surface area (Å²) in [6.07, 6.45) is 5.10. The lowest BCUT2D eigenvalue weighted by Gasteiger charge is -1.95. The molecule has 0 spiro atoms. The van der Waals surface area contributed by atoms with Gasteiger partial charge in [-0.05, 0) is 13.8 Å². The van der Waals surface area contributed by atoms with Gasteiger partial charge in [-0.25, -0.2) is 0 Å². The van der Waals surface area contributed by atoms with E-state index >= 15 is 0 Å². The molecule has 11 heavy (non-hydrogen) atoms. The molecule has 0 aliphatic heterocycles. The van der Waals surface area contributed by atoms with Gasteiger partial charge in [0.15, 0.2) is 5.75 Å². The van der Waals surface area contributed by atoms with E-state index in [4.69, 9.17) is 6.42 Å². The van der Waals surface area contributed by atoms with E-state index in [-0.39, 0.29) is 5.75 Å². The Bertz CT molecular complexity index is 307. The van der Waals surface area contributed by atoms with Crippen LogP contribution in [0.2, 0.25) is 0 Å². The first-order valence-corrected chi connectivity index (χ1v) is 3.33. The Kier molecular flexibility index (Phi) is 1.86. The number of aryl methyl sites for hydroxylation is 1. The van der Waals surface area contributed by atoms with Crippen molar-refractivity contribution >= 4 is 0 Å². The van der Waals surface area contributed by atoms with Crippen LogP contribution >= 0.6 is 0 Å². The average molecular weight is 150 g/mol. The van der Waals surface area contributed by atoms with Crippen LogP contribution in [-0.2, 0) is 6.54 Å². The van der Waals surface area contributed by atoms with Crippen LogP contribution in [-0.4, -0.2) is 14.9 Å². The van der Waals surface area contributed by atoms with Crippen LogP contribution in [0.5, 0.6) is 5.75 Å². The number of terminal acetylenes is 1. The van der Waals surface area contributed by atoms with E-state index in [0.717, 1.165) is 5.69 Å². The molecule has 0 unspecified atom stereocenters. The molecule has 0 saturated heterocycles. The standard InChI is InChI=1S/C8H10N2O/c1-4-5-10-7(3)8(11)6(2)9-10/h1,11H,5H2,2-3H3. The zero-order valence-electron chi connectivity index (χ0n) is 6.63. The second kappa shape index (κ2) is 2.67. The summed E-state index contributed by atoms with van der Waals surface area (Å²) >= 11 is 0. The summed E-state index contributed by atoms with van der Waals surface area (Å²) in [5.41, 5.74) is 1.35. The summed E-state index contributed by atoms with van der Waals surface area (Å²) in [4.78, 5) is 0. The molecule has 3 nitrogen and oxygen atoms in total. The highest BCUT2D eigenvalue weighted by atomic mass is 16.3. The van der Waals surface area contributed by atoms with Crippen molar-refractivity contribution in [1.29, 1.82) is 0 Å². The van der Waals surface area contributed by atoms with E-state index in [1.165, 1.54) is 0 Å². The third kappa shape index (κ3) is 1.20. The minimum Gasteiger partial charge on any atom is -0.504 e. The van der Waals surface area contributed by atoms with Crippen LogP contribution in [0.1, 0.15) is 11.4 Å². The Labute approximate surface area is 65.7 Å². The summed E-state index contributed by atoms with van der Waals surface area (Å²) in [7, 11) is 0. The molecule has 0 fully saturated rings. The first kappa shape index (κ1) is 7.67. The van der Waals surface area contributed by atoms with E-state index in [2.05, 4.69) is 11.0 Å². The van der Waals surface area contributed by atoms with E-state index in [0.29, 0.717) is 12.2 Å². The molecule has 0 aliphatic rings. The minimum absolute atomic E-state index is 0.236. The zero-order chi connectivity index (χ0) is 8.43. The molecule has 0 atom stereocenters.